The van der Waals surface area contributed by atoms with Crippen molar-refractivity contribution in [2.24, 2.45) is 5.41 Å². The van der Waals surface area contributed by atoms with Gasteiger partial charge in [0.2, 0.25) is 5.91 Å². The molecule has 2 bridgehead atoms. The molecule has 3 heterocycles. The van der Waals surface area contributed by atoms with Gasteiger partial charge < -0.3 is 15.5 Å². The van der Waals surface area contributed by atoms with Gasteiger partial charge in [-0.15, -0.1) is 4.28 Å². The molecule has 1 spiro atoms. The van der Waals surface area contributed by atoms with Gasteiger partial charge in [0, 0.05) is 25.7 Å². The Morgan fingerprint density at radius 2 is 2.04 bits per heavy atom. The fourth-order valence-electron chi connectivity index (χ4n) is 4.26. The summed E-state index contributed by atoms with van der Waals surface area (Å²) in [6.45, 7) is 2.21. The Bertz CT molecular complexity index is 670. The molecule has 3 amide bonds. The number of piperidine rings is 1. The second-order valence-electron chi connectivity index (χ2n) is 7.23. The number of rotatable bonds is 4. The molecule has 4 fully saturated rings. The first-order chi connectivity index (χ1) is 11.3. The molecule has 0 aromatic heterocycles. The van der Waals surface area contributed by atoms with Gasteiger partial charge in [0.25, 0.3) is 0 Å². The van der Waals surface area contributed by atoms with E-state index in [1.807, 2.05) is 0 Å². The molecular weight excluding hydrogens is 340 g/mol. The predicted molar refractivity (Wildman–Crippen MR) is 79.9 cm³/mol. The molecule has 0 aromatic carbocycles. The van der Waals surface area contributed by atoms with Crippen LogP contribution in [0.5, 0.6) is 0 Å². The first kappa shape index (κ1) is 16.1. The van der Waals surface area contributed by atoms with Crippen molar-refractivity contribution in [1.29, 1.82) is 0 Å². The third-order valence-corrected chi connectivity index (χ3v) is 5.85. The first-order valence-corrected chi connectivity index (χ1v) is 9.41. The lowest BCUT2D eigenvalue weighted by molar-refractivity contribution is -0.129. The quantitative estimate of drug-likeness (QED) is 0.541. The summed E-state index contributed by atoms with van der Waals surface area (Å²) in [5, 5.41) is 6.88. The van der Waals surface area contributed by atoms with Gasteiger partial charge >= 0.3 is 16.4 Å². The molecule has 24 heavy (non-hydrogen) atoms. The lowest BCUT2D eigenvalue weighted by atomic mass is 9.61. The van der Waals surface area contributed by atoms with Gasteiger partial charge in [-0.1, -0.05) is 0 Å². The zero-order chi connectivity index (χ0) is 17.1. The van der Waals surface area contributed by atoms with Gasteiger partial charge in [0.05, 0.1) is 6.04 Å². The second kappa shape index (κ2) is 5.28. The van der Waals surface area contributed by atoms with Gasteiger partial charge in [-0.25, -0.2) is 4.79 Å². The summed E-state index contributed by atoms with van der Waals surface area (Å²) in [7, 11) is -4.77. The topological polar surface area (TPSA) is 128 Å². The average molecular weight is 360 g/mol. The molecule has 3 aliphatic heterocycles. The summed E-state index contributed by atoms with van der Waals surface area (Å²) in [5.41, 5.74) is 0.346. The molecule has 3 N–H and O–H groups in total. The second-order valence-corrected chi connectivity index (χ2v) is 8.23. The fraction of sp³-hybridized carbons (Fsp3) is 0.846. The highest BCUT2D eigenvalue weighted by molar-refractivity contribution is 7.80. The lowest BCUT2D eigenvalue weighted by Gasteiger charge is -2.54. The highest BCUT2D eigenvalue weighted by atomic mass is 32.3. The highest BCUT2D eigenvalue weighted by Gasteiger charge is 2.52. The van der Waals surface area contributed by atoms with Crippen molar-refractivity contribution in [3.05, 3.63) is 0 Å². The van der Waals surface area contributed by atoms with Gasteiger partial charge in [-0.2, -0.15) is 13.5 Å². The smallest absolute Gasteiger partial charge is 0.352 e. The Kier molecular flexibility index (Phi) is 3.53. The Balaban J connectivity index is 1.37. The van der Waals surface area contributed by atoms with Gasteiger partial charge in [0.15, 0.2) is 0 Å². The number of carbonyl (C=O) groups is 2. The summed E-state index contributed by atoms with van der Waals surface area (Å²) < 4.78 is 34.8. The van der Waals surface area contributed by atoms with Crippen molar-refractivity contribution in [3.63, 3.8) is 0 Å². The molecule has 3 saturated heterocycles. The minimum atomic E-state index is -4.77. The van der Waals surface area contributed by atoms with E-state index in [1.165, 1.54) is 4.90 Å². The molecule has 1 aliphatic carbocycles. The van der Waals surface area contributed by atoms with Crippen molar-refractivity contribution in [2.75, 3.05) is 19.6 Å². The van der Waals surface area contributed by atoms with Crippen LogP contribution in [0, 0.1) is 5.41 Å². The number of amides is 3. The number of hydroxylamine groups is 2. The molecular formula is C13H20N4O6S. The SMILES string of the molecule is O=C(NC1CC2(CNC2)C1)[C@@H]1CC[C@@H]2CN1C(=O)N2OS(=O)(=O)O. The zero-order valence-corrected chi connectivity index (χ0v) is 13.8. The Morgan fingerprint density at radius 3 is 2.62 bits per heavy atom. The molecule has 4 aliphatic rings. The number of hydrogen-bond acceptors (Lipinski definition) is 6. The molecule has 10 nitrogen and oxygen atoms in total. The van der Waals surface area contributed by atoms with Crippen LogP contribution in [0.4, 0.5) is 4.79 Å². The summed E-state index contributed by atoms with van der Waals surface area (Å²) >= 11 is 0. The molecule has 0 unspecified atom stereocenters. The van der Waals surface area contributed by atoms with Gasteiger partial charge in [0.1, 0.15) is 6.04 Å². The molecule has 2 atom stereocenters. The van der Waals surface area contributed by atoms with Crippen molar-refractivity contribution < 1.29 is 26.8 Å². The number of nitrogens with one attached hydrogen (secondary N) is 2. The van der Waals surface area contributed by atoms with E-state index in [0.29, 0.717) is 23.3 Å². The van der Waals surface area contributed by atoms with E-state index < -0.39 is 28.5 Å². The number of carbonyl (C=O) groups excluding carboxylic acids is 2. The lowest BCUT2D eigenvalue weighted by Crippen LogP contribution is -2.66. The summed E-state index contributed by atoms with van der Waals surface area (Å²) in [5.74, 6) is -0.206. The largest absolute Gasteiger partial charge is 0.418 e. The van der Waals surface area contributed by atoms with Crippen LogP contribution in [-0.4, -0.2) is 72.6 Å². The number of hydrogen-bond donors (Lipinski definition) is 3. The molecule has 4 rings (SSSR count). The standard InChI is InChI=1S/C13H20N4O6S/c18-11(15-8-3-13(4-8)6-14-7-13)10-2-1-9-5-16(10)12(19)17(9)23-24(20,21)22/h8-10,14H,1-7H2,(H,15,18)(H,20,21,22)/t9-,10+/m1/s1. The van der Waals surface area contributed by atoms with Crippen LogP contribution in [0.15, 0.2) is 0 Å². The number of fused-ring (bicyclic) bond motifs is 2. The summed E-state index contributed by atoms with van der Waals surface area (Å²) in [6.07, 6.45) is 2.78. The van der Waals surface area contributed by atoms with Crippen LogP contribution in [0.3, 0.4) is 0 Å². The van der Waals surface area contributed by atoms with E-state index in [0.717, 1.165) is 25.9 Å². The molecule has 11 heteroatoms. The van der Waals surface area contributed by atoms with Crippen LogP contribution in [0.1, 0.15) is 25.7 Å². The Morgan fingerprint density at radius 1 is 1.33 bits per heavy atom. The van der Waals surface area contributed by atoms with Crippen molar-refractivity contribution in [2.45, 2.75) is 43.8 Å². The van der Waals surface area contributed by atoms with E-state index in [9.17, 15) is 18.0 Å². The molecule has 134 valence electrons. The van der Waals surface area contributed by atoms with Gasteiger partial charge in [-0.05, 0) is 31.1 Å². The minimum Gasteiger partial charge on any atom is -0.352 e. The van der Waals surface area contributed by atoms with Gasteiger partial charge in [-0.3, -0.25) is 9.35 Å². The van der Waals surface area contributed by atoms with E-state index in [4.69, 9.17) is 4.55 Å². The van der Waals surface area contributed by atoms with Crippen LogP contribution >= 0.6 is 0 Å². The Hall–Kier alpha value is -1.43. The summed E-state index contributed by atoms with van der Waals surface area (Å²) in [6, 6.07) is -1.67. The molecule has 0 radical (unpaired) electrons. The van der Waals surface area contributed by atoms with Crippen molar-refractivity contribution in [3.8, 4) is 0 Å². The Labute approximate surface area is 139 Å². The maximum atomic E-state index is 12.5. The number of nitrogens with zero attached hydrogens (tertiary/aromatic N) is 2. The van der Waals surface area contributed by atoms with Crippen molar-refractivity contribution >= 4 is 22.3 Å². The number of urea groups is 1. The third kappa shape index (κ3) is 2.65. The van der Waals surface area contributed by atoms with Crippen molar-refractivity contribution in [1.82, 2.24) is 20.6 Å². The third-order valence-electron chi connectivity index (χ3n) is 5.51. The maximum absolute atomic E-state index is 12.5. The fourth-order valence-corrected chi connectivity index (χ4v) is 4.64. The van der Waals surface area contributed by atoms with Crippen LogP contribution in [0.2, 0.25) is 0 Å². The molecule has 1 saturated carbocycles. The maximum Gasteiger partial charge on any atom is 0.418 e. The van der Waals surface area contributed by atoms with E-state index in [2.05, 4.69) is 14.9 Å². The predicted octanol–water partition coefficient (Wildman–Crippen LogP) is -1.14. The highest BCUT2D eigenvalue weighted by Crippen LogP contribution is 2.44. The average Bonchev–Trinajstić information content (AvgIpc) is 2.64. The monoisotopic (exact) mass is 360 g/mol. The van der Waals surface area contributed by atoms with E-state index >= 15 is 0 Å². The van der Waals surface area contributed by atoms with E-state index in [1.54, 1.807) is 0 Å². The molecule has 0 aromatic rings. The van der Waals surface area contributed by atoms with E-state index in [-0.39, 0.29) is 18.5 Å². The van der Waals surface area contributed by atoms with Crippen LogP contribution in [0.25, 0.3) is 0 Å². The van der Waals surface area contributed by atoms with Crippen LogP contribution < -0.4 is 10.6 Å². The normalized spacial score (nSPS) is 31.8. The summed E-state index contributed by atoms with van der Waals surface area (Å²) in [4.78, 5) is 26.1. The van der Waals surface area contributed by atoms with Crippen LogP contribution in [-0.2, 0) is 19.5 Å². The minimum absolute atomic E-state index is 0.139. The zero-order valence-electron chi connectivity index (χ0n) is 13.0. The first-order valence-electron chi connectivity index (χ1n) is 8.04.